The number of rotatable bonds is 1. The van der Waals surface area contributed by atoms with Crippen LogP contribution in [0, 0.1) is 0 Å². The van der Waals surface area contributed by atoms with E-state index in [0.717, 1.165) is 11.4 Å². The van der Waals surface area contributed by atoms with E-state index in [9.17, 15) is 9.59 Å². The van der Waals surface area contributed by atoms with Gasteiger partial charge in [0.15, 0.2) is 0 Å². The summed E-state index contributed by atoms with van der Waals surface area (Å²) in [6.45, 7) is 0.0707. The molecule has 20 heavy (non-hydrogen) atoms. The van der Waals surface area contributed by atoms with Gasteiger partial charge < -0.3 is 4.90 Å². The highest BCUT2D eigenvalue weighted by Gasteiger charge is 2.30. The SMILES string of the molecule is CN1C(=O)CN(C(=O)c2ccccc2)c2ccccc21. The second kappa shape index (κ2) is 4.81. The molecule has 0 bridgehead atoms. The Balaban J connectivity index is 2.05. The minimum Gasteiger partial charge on any atom is -0.312 e. The van der Waals surface area contributed by atoms with E-state index in [1.165, 1.54) is 4.90 Å². The largest absolute Gasteiger partial charge is 0.312 e. The van der Waals surface area contributed by atoms with Gasteiger partial charge >= 0.3 is 0 Å². The highest BCUT2D eigenvalue weighted by atomic mass is 16.2. The molecule has 100 valence electrons. The standard InChI is InChI=1S/C16H14N2O2/c1-17-13-9-5-6-10-14(13)18(11-15(17)19)16(20)12-7-3-2-4-8-12/h2-10H,11H2,1H3. The summed E-state index contributed by atoms with van der Waals surface area (Å²) in [7, 11) is 1.73. The zero-order valence-electron chi connectivity index (χ0n) is 11.1. The molecule has 0 unspecified atom stereocenters. The Morgan fingerprint density at radius 2 is 1.55 bits per heavy atom. The Morgan fingerprint density at radius 1 is 0.950 bits per heavy atom. The van der Waals surface area contributed by atoms with E-state index < -0.39 is 0 Å². The topological polar surface area (TPSA) is 40.6 Å². The van der Waals surface area contributed by atoms with Crippen molar-refractivity contribution in [2.75, 3.05) is 23.4 Å². The number of hydrogen-bond donors (Lipinski definition) is 0. The molecule has 0 aromatic heterocycles. The number of nitrogens with zero attached hydrogens (tertiary/aromatic N) is 2. The van der Waals surface area contributed by atoms with Crippen LogP contribution in [0.1, 0.15) is 10.4 Å². The summed E-state index contributed by atoms with van der Waals surface area (Å²) in [6, 6.07) is 16.4. The van der Waals surface area contributed by atoms with Crippen LogP contribution < -0.4 is 9.80 Å². The van der Waals surface area contributed by atoms with E-state index in [1.54, 1.807) is 24.1 Å². The van der Waals surface area contributed by atoms with Crippen LogP contribution in [0.4, 0.5) is 11.4 Å². The molecular weight excluding hydrogens is 252 g/mol. The van der Waals surface area contributed by atoms with Gasteiger partial charge in [-0.2, -0.15) is 0 Å². The minimum absolute atomic E-state index is 0.0707. The van der Waals surface area contributed by atoms with Crippen LogP contribution >= 0.6 is 0 Å². The van der Waals surface area contributed by atoms with E-state index in [4.69, 9.17) is 0 Å². The average Bonchev–Trinajstić information content (AvgIpc) is 2.51. The Bertz CT molecular complexity index is 667. The summed E-state index contributed by atoms with van der Waals surface area (Å²) in [6.07, 6.45) is 0. The molecule has 0 atom stereocenters. The fourth-order valence-electron chi connectivity index (χ4n) is 2.35. The van der Waals surface area contributed by atoms with Gasteiger partial charge in [0.2, 0.25) is 5.91 Å². The Hall–Kier alpha value is -2.62. The number of anilines is 2. The van der Waals surface area contributed by atoms with Gasteiger partial charge in [0.25, 0.3) is 5.91 Å². The molecule has 2 aromatic carbocycles. The predicted octanol–water partition coefficient (Wildman–Crippen LogP) is 2.31. The van der Waals surface area contributed by atoms with E-state index in [1.807, 2.05) is 42.5 Å². The van der Waals surface area contributed by atoms with Crippen molar-refractivity contribution in [2.45, 2.75) is 0 Å². The smallest absolute Gasteiger partial charge is 0.258 e. The van der Waals surface area contributed by atoms with Crippen LogP contribution in [0.2, 0.25) is 0 Å². The van der Waals surface area contributed by atoms with Crippen molar-refractivity contribution in [3.63, 3.8) is 0 Å². The number of likely N-dealkylation sites (N-methyl/N-ethyl adjacent to an activating group) is 1. The highest BCUT2D eigenvalue weighted by Crippen LogP contribution is 2.33. The first-order chi connectivity index (χ1) is 9.68. The summed E-state index contributed by atoms with van der Waals surface area (Å²) in [5.41, 5.74) is 2.11. The van der Waals surface area contributed by atoms with Crippen LogP contribution in [-0.4, -0.2) is 25.4 Å². The second-order valence-corrected chi connectivity index (χ2v) is 4.70. The molecular formula is C16H14N2O2. The fourth-order valence-corrected chi connectivity index (χ4v) is 2.35. The van der Waals surface area contributed by atoms with E-state index in [0.29, 0.717) is 5.56 Å². The molecule has 2 amide bonds. The third kappa shape index (κ3) is 1.95. The predicted molar refractivity (Wildman–Crippen MR) is 78.0 cm³/mol. The summed E-state index contributed by atoms with van der Waals surface area (Å²) < 4.78 is 0. The van der Waals surface area contributed by atoms with E-state index in [2.05, 4.69) is 0 Å². The van der Waals surface area contributed by atoms with Gasteiger partial charge in [0.05, 0.1) is 11.4 Å². The van der Waals surface area contributed by atoms with E-state index in [-0.39, 0.29) is 18.4 Å². The molecule has 0 radical (unpaired) electrons. The zero-order chi connectivity index (χ0) is 14.1. The molecule has 0 saturated heterocycles. The number of carbonyl (C=O) groups excluding carboxylic acids is 2. The zero-order valence-corrected chi connectivity index (χ0v) is 11.1. The molecule has 1 aliphatic heterocycles. The molecule has 0 aliphatic carbocycles. The Labute approximate surface area is 117 Å². The quantitative estimate of drug-likeness (QED) is 0.794. The molecule has 2 aromatic rings. The first-order valence-electron chi connectivity index (χ1n) is 6.41. The van der Waals surface area contributed by atoms with Crippen LogP contribution in [0.3, 0.4) is 0 Å². The first kappa shape index (κ1) is 12.4. The summed E-state index contributed by atoms with van der Waals surface area (Å²) >= 11 is 0. The van der Waals surface area contributed by atoms with Gasteiger partial charge in [-0.05, 0) is 24.3 Å². The van der Waals surface area contributed by atoms with Crippen molar-refractivity contribution < 1.29 is 9.59 Å². The third-order valence-corrected chi connectivity index (χ3v) is 3.47. The molecule has 1 heterocycles. The summed E-state index contributed by atoms with van der Waals surface area (Å²) in [4.78, 5) is 27.7. The van der Waals surface area contributed by atoms with Gasteiger partial charge in [-0.1, -0.05) is 30.3 Å². The number of amides is 2. The van der Waals surface area contributed by atoms with Crippen molar-refractivity contribution in [1.29, 1.82) is 0 Å². The van der Waals surface area contributed by atoms with Crippen LogP contribution in [-0.2, 0) is 4.79 Å². The van der Waals surface area contributed by atoms with Gasteiger partial charge in [-0.3, -0.25) is 14.5 Å². The molecule has 0 spiro atoms. The molecule has 0 fully saturated rings. The average molecular weight is 266 g/mol. The van der Waals surface area contributed by atoms with Gasteiger partial charge in [-0.15, -0.1) is 0 Å². The number of benzene rings is 2. The van der Waals surface area contributed by atoms with Gasteiger partial charge in [-0.25, -0.2) is 0 Å². The maximum absolute atomic E-state index is 12.6. The van der Waals surface area contributed by atoms with Crippen LogP contribution in [0.15, 0.2) is 54.6 Å². The summed E-state index contributed by atoms with van der Waals surface area (Å²) in [5, 5.41) is 0. The monoisotopic (exact) mass is 266 g/mol. The lowest BCUT2D eigenvalue weighted by Crippen LogP contribution is -2.46. The van der Waals surface area contributed by atoms with E-state index >= 15 is 0 Å². The Morgan fingerprint density at radius 3 is 2.25 bits per heavy atom. The van der Waals surface area contributed by atoms with Crippen molar-refractivity contribution in [1.82, 2.24) is 0 Å². The molecule has 4 heteroatoms. The second-order valence-electron chi connectivity index (χ2n) is 4.70. The number of para-hydroxylation sites is 2. The third-order valence-electron chi connectivity index (χ3n) is 3.47. The van der Waals surface area contributed by atoms with Crippen molar-refractivity contribution in [2.24, 2.45) is 0 Å². The Kier molecular flexibility index (Phi) is 2.99. The van der Waals surface area contributed by atoms with Crippen molar-refractivity contribution in [3.8, 4) is 0 Å². The highest BCUT2D eigenvalue weighted by molar-refractivity contribution is 6.15. The number of fused-ring (bicyclic) bond motifs is 1. The fraction of sp³-hybridized carbons (Fsp3) is 0.125. The number of hydrogen-bond acceptors (Lipinski definition) is 2. The normalized spacial score (nSPS) is 14.2. The van der Waals surface area contributed by atoms with Crippen LogP contribution in [0.5, 0.6) is 0 Å². The van der Waals surface area contributed by atoms with Gasteiger partial charge in [0.1, 0.15) is 6.54 Å². The van der Waals surface area contributed by atoms with Gasteiger partial charge in [0, 0.05) is 12.6 Å². The lowest BCUT2D eigenvalue weighted by Gasteiger charge is -2.34. The molecule has 4 nitrogen and oxygen atoms in total. The number of carbonyl (C=O) groups is 2. The summed E-state index contributed by atoms with van der Waals surface area (Å²) in [5.74, 6) is -0.243. The first-order valence-corrected chi connectivity index (χ1v) is 6.41. The van der Waals surface area contributed by atoms with Crippen molar-refractivity contribution in [3.05, 3.63) is 60.2 Å². The van der Waals surface area contributed by atoms with Crippen LogP contribution in [0.25, 0.3) is 0 Å². The lowest BCUT2D eigenvalue weighted by atomic mass is 10.1. The molecule has 1 aliphatic rings. The maximum Gasteiger partial charge on any atom is 0.258 e. The van der Waals surface area contributed by atoms with Crippen molar-refractivity contribution >= 4 is 23.2 Å². The minimum atomic E-state index is -0.153. The molecule has 3 rings (SSSR count). The molecule has 0 N–H and O–H groups in total. The lowest BCUT2D eigenvalue weighted by molar-refractivity contribution is -0.117. The molecule has 0 saturated carbocycles. The maximum atomic E-state index is 12.6.